The molecule has 0 radical (unpaired) electrons. The van der Waals surface area contributed by atoms with Crippen LogP contribution in [0.1, 0.15) is 11.1 Å². The van der Waals surface area contributed by atoms with Gasteiger partial charge in [-0.1, -0.05) is 24.3 Å². The van der Waals surface area contributed by atoms with Crippen molar-refractivity contribution in [3.8, 4) is 5.82 Å². The summed E-state index contributed by atoms with van der Waals surface area (Å²) >= 11 is 0. The zero-order valence-corrected chi connectivity index (χ0v) is 10.2. The van der Waals surface area contributed by atoms with E-state index in [2.05, 4.69) is 16.1 Å². The van der Waals surface area contributed by atoms with E-state index >= 15 is 0 Å². The fourth-order valence-corrected chi connectivity index (χ4v) is 2.11. The number of hydrogen-bond acceptors (Lipinski definition) is 3. The molecular weight excluding hydrogens is 224 g/mol. The molecule has 0 saturated carbocycles. The topological polar surface area (TPSA) is 56.7 Å². The molecule has 0 atom stereocenters. The lowest BCUT2D eigenvalue weighted by atomic mass is 10.1. The molecule has 0 saturated heterocycles. The lowest BCUT2D eigenvalue weighted by Crippen LogP contribution is -2.03. The van der Waals surface area contributed by atoms with E-state index in [1.165, 1.54) is 0 Å². The Bertz CT molecular complexity index is 700. The van der Waals surface area contributed by atoms with E-state index in [-0.39, 0.29) is 0 Å². The van der Waals surface area contributed by atoms with Crippen LogP contribution in [0, 0.1) is 6.92 Å². The summed E-state index contributed by atoms with van der Waals surface area (Å²) in [5.74, 6) is 0.843. The fourth-order valence-electron chi connectivity index (χ4n) is 2.11. The van der Waals surface area contributed by atoms with Crippen molar-refractivity contribution in [3.05, 3.63) is 54.0 Å². The van der Waals surface area contributed by atoms with Crippen LogP contribution in [-0.4, -0.2) is 14.8 Å². The van der Waals surface area contributed by atoms with Crippen LogP contribution in [-0.2, 0) is 6.54 Å². The number of nitrogens with zero attached hydrogens (tertiary/aromatic N) is 3. The number of aromatic nitrogens is 3. The van der Waals surface area contributed by atoms with Crippen molar-refractivity contribution in [2.45, 2.75) is 13.5 Å². The molecule has 0 fully saturated rings. The highest BCUT2D eigenvalue weighted by molar-refractivity contribution is 5.90. The standard InChI is InChI=1S/C14H14N4/c1-10-7-17-18(9-10)14-13-5-3-2-4-12(13)11(6-15)8-16-14/h2-5,7-9H,6,15H2,1H3. The molecule has 2 N–H and O–H groups in total. The average molecular weight is 238 g/mol. The summed E-state index contributed by atoms with van der Waals surface area (Å²) in [5, 5.41) is 6.52. The van der Waals surface area contributed by atoms with Gasteiger partial charge in [0.25, 0.3) is 0 Å². The van der Waals surface area contributed by atoms with Crippen LogP contribution >= 0.6 is 0 Å². The molecule has 18 heavy (non-hydrogen) atoms. The van der Waals surface area contributed by atoms with Gasteiger partial charge in [0.15, 0.2) is 5.82 Å². The fraction of sp³-hybridized carbons (Fsp3) is 0.143. The van der Waals surface area contributed by atoms with Gasteiger partial charge >= 0.3 is 0 Å². The first-order valence-electron chi connectivity index (χ1n) is 5.88. The van der Waals surface area contributed by atoms with E-state index in [9.17, 15) is 0 Å². The summed E-state index contributed by atoms with van der Waals surface area (Å²) in [6, 6.07) is 8.14. The van der Waals surface area contributed by atoms with Gasteiger partial charge in [0.2, 0.25) is 0 Å². The second-order valence-corrected chi connectivity index (χ2v) is 4.32. The van der Waals surface area contributed by atoms with Gasteiger partial charge in [-0.3, -0.25) is 0 Å². The summed E-state index contributed by atoms with van der Waals surface area (Å²) in [6.45, 7) is 2.51. The number of hydrogen-bond donors (Lipinski definition) is 1. The molecule has 2 aromatic heterocycles. The van der Waals surface area contributed by atoms with Crippen molar-refractivity contribution in [3.63, 3.8) is 0 Å². The third-order valence-corrected chi connectivity index (χ3v) is 3.01. The number of fused-ring (bicyclic) bond motifs is 1. The van der Waals surface area contributed by atoms with E-state index in [1.54, 1.807) is 4.68 Å². The van der Waals surface area contributed by atoms with Crippen molar-refractivity contribution in [2.75, 3.05) is 0 Å². The van der Waals surface area contributed by atoms with Gasteiger partial charge in [-0.15, -0.1) is 0 Å². The third-order valence-electron chi connectivity index (χ3n) is 3.01. The zero-order valence-electron chi connectivity index (χ0n) is 10.2. The monoisotopic (exact) mass is 238 g/mol. The molecule has 4 nitrogen and oxygen atoms in total. The minimum Gasteiger partial charge on any atom is -0.326 e. The lowest BCUT2D eigenvalue weighted by molar-refractivity contribution is 0.852. The van der Waals surface area contributed by atoms with Gasteiger partial charge < -0.3 is 5.73 Å². The highest BCUT2D eigenvalue weighted by atomic mass is 15.3. The average Bonchev–Trinajstić information content (AvgIpc) is 2.84. The Morgan fingerprint density at radius 2 is 1.94 bits per heavy atom. The van der Waals surface area contributed by atoms with E-state index in [0.29, 0.717) is 6.54 Å². The Morgan fingerprint density at radius 3 is 2.61 bits per heavy atom. The molecule has 90 valence electrons. The number of nitrogens with two attached hydrogens (primary N) is 1. The van der Waals surface area contributed by atoms with E-state index in [4.69, 9.17) is 5.73 Å². The Morgan fingerprint density at radius 1 is 1.17 bits per heavy atom. The molecular formula is C14H14N4. The van der Waals surface area contributed by atoms with E-state index < -0.39 is 0 Å². The van der Waals surface area contributed by atoms with Crippen molar-refractivity contribution in [2.24, 2.45) is 5.73 Å². The molecule has 2 heterocycles. The second kappa shape index (κ2) is 4.23. The second-order valence-electron chi connectivity index (χ2n) is 4.32. The van der Waals surface area contributed by atoms with Gasteiger partial charge in [-0.2, -0.15) is 5.10 Å². The number of pyridine rings is 1. The van der Waals surface area contributed by atoms with Crippen molar-refractivity contribution in [1.82, 2.24) is 14.8 Å². The van der Waals surface area contributed by atoms with E-state index in [1.807, 2.05) is 43.7 Å². The molecule has 0 aliphatic heterocycles. The zero-order chi connectivity index (χ0) is 12.5. The first-order valence-corrected chi connectivity index (χ1v) is 5.88. The molecule has 0 aliphatic rings. The van der Waals surface area contributed by atoms with Crippen molar-refractivity contribution in [1.29, 1.82) is 0 Å². The Balaban J connectivity index is 2.31. The summed E-state index contributed by atoms with van der Waals surface area (Å²) in [6.07, 6.45) is 5.62. The van der Waals surface area contributed by atoms with Crippen molar-refractivity contribution >= 4 is 10.8 Å². The first kappa shape index (κ1) is 10.9. The molecule has 0 spiro atoms. The lowest BCUT2D eigenvalue weighted by Gasteiger charge is -2.08. The van der Waals surface area contributed by atoms with Crippen LogP contribution in [0.5, 0.6) is 0 Å². The van der Waals surface area contributed by atoms with E-state index in [0.717, 1.165) is 27.7 Å². The molecule has 0 bridgehead atoms. The number of aryl methyl sites for hydroxylation is 1. The van der Waals surface area contributed by atoms with Crippen LogP contribution in [0.2, 0.25) is 0 Å². The molecule has 3 rings (SSSR count). The maximum atomic E-state index is 5.75. The molecule has 0 unspecified atom stereocenters. The SMILES string of the molecule is Cc1cnn(-c2ncc(CN)c3ccccc23)c1. The highest BCUT2D eigenvalue weighted by Crippen LogP contribution is 2.23. The van der Waals surface area contributed by atoms with Crippen LogP contribution < -0.4 is 5.73 Å². The van der Waals surface area contributed by atoms with Crippen LogP contribution in [0.4, 0.5) is 0 Å². The summed E-state index contributed by atoms with van der Waals surface area (Å²) in [7, 11) is 0. The number of rotatable bonds is 2. The quantitative estimate of drug-likeness (QED) is 0.744. The maximum Gasteiger partial charge on any atom is 0.161 e. The molecule has 0 aliphatic carbocycles. The minimum atomic E-state index is 0.492. The summed E-state index contributed by atoms with van der Waals surface area (Å²) in [5.41, 5.74) is 7.91. The van der Waals surface area contributed by atoms with Gasteiger partial charge in [0.05, 0.1) is 6.20 Å². The Kier molecular flexibility index (Phi) is 2.57. The predicted molar refractivity (Wildman–Crippen MR) is 71.5 cm³/mol. The van der Waals surface area contributed by atoms with Crippen LogP contribution in [0.15, 0.2) is 42.9 Å². The van der Waals surface area contributed by atoms with Crippen molar-refractivity contribution < 1.29 is 0 Å². The normalized spacial score (nSPS) is 11.0. The first-order chi connectivity index (χ1) is 8.79. The largest absolute Gasteiger partial charge is 0.326 e. The minimum absolute atomic E-state index is 0.492. The van der Waals surface area contributed by atoms with Gasteiger partial charge in [-0.25, -0.2) is 9.67 Å². The van der Waals surface area contributed by atoms with Gasteiger partial charge in [0, 0.05) is 24.3 Å². The van der Waals surface area contributed by atoms with Crippen LogP contribution in [0.25, 0.3) is 16.6 Å². The third kappa shape index (κ3) is 1.67. The Labute approximate surface area is 105 Å². The molecule has 1 aromatic carbocycles. The maximum absolute atomic E-state index is 5.75. The van der Waals surface area contributed by atoms with Gasteiger partial charge in [0.1, 0.15) is 0 Å². The molecule has 0 amide bonds. The summed E-state index contributed by atoms with van der Waals surface area (Å²) < 4.78 is 1.80. The van der Waals surface area contributed by atoms with Crippen LogP contribution in [0.3, 0.4) is 0 Å². The molecule has 3 aromatic rings. The predicted octanol–water partition coefficient (Wildman–Crippen LogP) is 2.19. The Hall–Kier alpha value is -2.20. The van der Waals surface area contributed by atoms with Gasteiger partial charge in [-0.05, 0) is 23.4 Å². The number of benzene rings is 1. The molecule has 4 heteroatoms. The smallest absolute Gasteiger partial charge is 0.161 e. The summed E-state index contributed by atoms with van der Waals surface area (Å²) in [4.78, 5) is 4.48. The highest BCUT2D eigenvalue weighted by Gasteiger charge is 2.08.